The van der Waals surface area contributed by atoms with Crippen LogP contribution in [0.25, 0.3) is 22.4 Å². The molecule has 1 aromatic carbocycles. The molecule has 1 aliphatic rings. The first-order valence-corrected chi connectivity index (χ1v) is 12.2. The zero-order valence-electron chi connectivity index (χ0n) is 20.8. The maximum atomic E-state index is 14.8. The molecule has 9 nitrogen and oxygen atoms in total. The largest absolute Gasteiger partial charge is 0.385 e. The van der Waals surface area contributed by atoms with Crippen LogP contribution < -0.4 is 16.4 Å². The molecular weight excluding hydrogens is 542 g/mol. The number of aliphatic hydroxyl groups excluding tert-OH is 1. The van der Waals surface area contributed by atoms with Crippen LogP contribution in [0.2, 0.25) is 0 Å². The molecule has 0 radical (unpaired) electrons. The third-order valence-corrected chi connectivity index (χ3v) is 7.06. The number of nitrogen functional groups attached to an aromatic ring is 1. The Morgan fingerprint density at radius 3 is 2.52 bits per heavy atom. The summed E-state index contributed by atoms with van der Waals surface area (Å²) in [5.74, 6) is -2.26. The fourth-order valence-corrected chi connectivity index (χ4v) is 4.98. The quantitative estimate of drug-likeness (QED) is 0.289. The normalized spacial score (nSPS) is 18.7. The van der Waals surface area contributed by atoms with Crippen LogP contribution in [0.3, 0.4) is 0 Å². The molecule has 0 amide bonds. The minimum atomic E-state index is -3.21. The van der Waals surface area contributed by atoms with Crippen molar-refractivity contribution in [3.63, 3.8) is 0 Å². The summed E-state index contributed by atoms with van der Waals surface area (Å²) in [4.78, 5) is 18.2. The van der Waals surface area contributed by atoms with Crippen molar-refractivity contribution in [1.82, 2.24) is 24.5 Å². The molecule has 2 atom stereocenters. The van der Waals surface area contributed by atoms with Crippen LogP contribution in [0, 0.1) is 11.6 Å². The van der Waals surface area contributed by atoms with Crippen LogP contribution >= 0.6 is 0 Å². The fraction of sp³-hybridized carbons (Fsp3) is 0.360. The molecule has 1 saturated heterocycles. The van der Waals surface area contributed by atoms with E-state index in [1.807, 2.05) is 0 Å². The molecule has 1 aliphatic heterocycles. The Morgan fingerprint density at radius 1 is 1.02 bits per heavy atom. The molecule has 0 spiro atoms. The summed E-state index contributed by atoms with van der Waals surface area (Å²) < 4.78 is 83.7. The number of alkyl halides is 4. The summed E-state index contributed by atoms with van der Waals surface area (Å²) in [6.45, 7) is 0.287. The van der Waals surface area contributed by atoms with Crippen LogP contribution in [0.4, 0.5) is 37.8 Å². The summed E-state index contributed by atoms with van der Waals surface area (Å²) in [6, 6.07) is 2.50. The van der Waals surface area contributed by atoms with Crippen molar-refractivity contribution in [3.05, 3.63) is 59.8 Å². The van der Waals surface area contributed by atoms with E-state index in [1.54, 1.807) is 9.47 Å². The van der Waals surface area contributed by atoms with E-state index in [2.05, 4.69) is 19.9 Å². The number of piperidine rings is 1. The van der Waals surface area contributed by atoms with E-state index in [4.69, 9.17) is 11.5 Å². The second-order valence-corrected chi connectivity index (χ2v) is 9.69. The van der Waals surface area contributed by atoms with Crippen LogP contribution in [-0.2, 0) is 6.54 Å². The van der Waals surface area contributed by atoms with Gasteiger partial charge in [-0.25, -0.2) is 41.3 Å². The van der Waals surface area contributed by atoms with Crippen molar-refractivity contribution in [3.8, 4) is 11.3 Å². The maximum absolute atomic E-state index is 14.8. The molecule has 3 aromatic heterocycles. The van der Waals surface area contributed by atoms with Crippen molar-refractivity contribution in [1.29, 1.82) is 0 Å². The minimum Gasteiger partial charge on any atom is -0.385 e. The second kappa shape index (κ2) is 10.5. The molecule has 15 heteroatoms. The molecule has 212 valence electrons. The number of hydrogen-bond donors (Lipinski definition) is 3. The fourth-order valence-electron chi connectivity index (χ4n) is 4.98. The number of halogens is 6. The molecule has 4 aromatic rings. The van der Waals surface area contributed by atoms with Gasteiger partial charge < -0.3 is 26.0 Å². The highest BCUT2D eigenvalue weighted by Gasteiger charge is 2.43. The third kappa shape index (κ3) is 5.01. The first-order valence-electron chi connectivity index (χ1n) is 12.2. The van der Waals surface area contributed by atoms with Gasteiger partial charge in [-0.2, -0.15) is 0 Å². The first kappa shape index (κ1) is 27.6. The van der Waals surface area contributed by atoms with Gasteiger partial charge in [0.15, 0.2) is 11.5 Å². The monoisotopic (exact) mass is 566 g/mol. The standard InChI is InChI=1S/C25H24F6N8O/c26-15-6-14(21(28)29)16(27)5-13(15)17-4-12(8-39-11-37-19-23(32)35-10-36-24(19)39)18(7-34-17)38-3-1-2-25(33,9-38)20(40)22(30)31/h4-7,10-11,20-22,40H,1-3,8-9,33H2,(H2,32,35,36)/t20-,25+/m0/s1. The lowest BCUT2D eigenvalue weighted by atomic mass is 9.84. The average Bonchev–Trinajstić information content (AvgIpc) is 3.33. The van der Waals surface area contributed by atoms with Gasteiger partial charge in [0.05, 0.1) is 41.6 Å². The number of fused-ring (bicyclic) bond motifs is 1. The number of nitrogens with two attached hydrogens (primary N) is 2. The van der Waals surface area contributed by atoms with Gasteiger partial charge in [0.1, 0.15) is 29.6 Å². The number of imidazole rings is 1. The second-order valence-electron chi connectivity index (χ2n) is 9.69. The molecule has 5 rings (SSSR count). The van der Waals surface area contributed by atoms with E-state index < -0.39 is 41.7 Å². The molecule has 0 bridgehead atoms. The lowest BCUT2D eigenvalue weighted by Crippen LogP contribution is -2.63. The molecule has 1 fully saturated rings. The van der Waals surface area contributed by atoms with Gasteiger partial charge in [0.2, 0.25) is 0 Å². The van der Waals surface area contributed by atoms with Crippen molar-refractivity contribution in [2.45, 2.75) is 43.9 Å². The summed E-state index contributed by atoms with van der Waals surface area (Å²) in [5.41, 5.74) is 10.6. The van der Waals surface area contributed by atoms with Gasteiger partial charge in [0, 0.05) is 18.7 Å². The number of aromatic nitrogens is 5. The lowest BCUT2D eigenvalue weighted by molar-refractivity contribution is -0.0529. The van der Waals surface area contributed by atoms with Crippen LogP contribution in [-0.4, -0.2) is 60.8 Å². The van der Waals surface area contributed by atoms with Gasteiger partial charge in [-0.3, -0.25) is 4.98 Å². The van der Waals surface area contributed by atoms with Crippen LogP contribution in [0.5, 0.6) is 0 Å². The van der Waals surface area contributed by atoms with Crippen molar-refractivity contribution in [2.24, 2.45) is 5.73 Å². The Labute approximate surface area is 223 Å². The zero-order chi connectivity index (χ0) is 28.8. The molecule has 40 heavy (non-hydrogen) atoms. The topological polar surface area (TPSA) is 132 Å². The Bertz CT molecular complexity index is 1550. The Balaban J connectivity index is 1.60. The highest BCUT2D eigenvalue weighted by atomic mass is 19.3. The number of benzene rings is 1. The summed E-state index contributed by atoms with van der Waals surface area (Å²) in [5, 5.41) is 10.1. The highest BCUT2D eigenvalue weighted by molar-refractivity contribution is 5.81. The van der Waals surface area contributed by atoms with Crippen molar-refractivity contribution < 1.29 is 31.4 Å². The Morgan fingerprint density at radius 2 is 1.80 bits per heavy atom. The average molecular weight is 567 g/mol. The van der Waals surface area contributed by atoms with Gasteiger partial charge in [-0.15, -0.1) is 0 Å². The van der Waals surface area contributed by atoms with Gasteiger partial charge in [0.25, 0.3) is 12.9 Å². The van der Waals surface area contributed by atoms with Crippen LogP contribution in [0.1, 0.15) is 30.4 Å². The van der Waals surface area contributed by atoms with E-state index in [1.165, 1.54) is 24.9 Å². The van der Waals surface area contributed by atoms with E-state index in [-0.39, 0.29) is 36.6 Å². The maximum Gasteiger partial charge on any atom is 0.266 e. The third-order valence-electron chi connectivity index (χ3n) is 7.06. The molecule has 0 aliphatic carbocycles. The Kier molecular flexibility index (Phi) is 7.27. The summed E-state index contributed by atoms with van der Waals surface area (Å²) >= 11 is 0. The first-order chi connectivity index (χ1) is 19.0. The SMILES string of the molecule is Nc1ncnc2c1ncn2Cc1cc(-c2cc(F)c(C(F)F)cc2F)ncc1N1CCC[C@](N)([C@@H](O)C(F)F)C1. The molecular formula is C25H24F6N8O. The number of pyridine rings is 1. The molecule has 0 saturated carbocycles. The summed E-state index contributed by atoms with van der Waals surface area (Å²) in [6.07, 6.45) is -3.77. The predicted octanol–water partition coefficient (Wildman–Crippen LogP) is 3.66. The number of rotatable bonds is 7. The number of nitrogens with zero attached hydrogens (tertiary/aromatic N) is 6. The van der Waals surface area contributed by atoms with Gasteiger partial charge >= 0.3 is 0 Å². The van der Waals surface area contributed by atoms with E-state index >= 15 is 0 Å². The van der Waals surface area contributed by atoms with Crippen molar-refractivity contribution >= 4 is 22.7 Å². The van der Waals surface area contributed by atoms with E-state index in [0.29, 0.717) is 47.5 Å². The van der Waals surface area contributed by atoms with Gasteiger partial charge in [-0.1, -0.05) is 0 Å². The zero-order valence-corrected chi connectivity index (χ0v) is 20.8. The number of hydrogen-bond acceptors (Lipinski definition) is 8. The van der Waals surface area contributed by atoms with Crippen molar-refractivity contribution in [2.75, 3.05) is 23.7 Å². The summed E-state index contributed by atoms with van der Waals surface area (Å²) in [7, 11) is 0. The van der Waals surface area contributed by atoms with Crippen LogP contribution in [0.15, 0.2) is 37.1 Å². The van der Waals surface area contributed by atoms with E-state index in [9.17, 15) is 31.4 Å². The lowest BCUT2D eigenvalue weighted by Gasteiger charge is -2.44. The van der Waals surface area contributed by atoms with Gasteiger partial charge in [-0.05, 0) is 36.6 Å². The number of aliphatic hydroxyl groups is 1. The molecule has 5 N–H and O–H groups in total. The van der Waals surface area contributed by atoms with E-state index in [0.717, 1.165) is 0 Å². The highest BCUT2D eigenvalue weighted by Crippen LogP contribution is 2.35. The Hall–Kier alpha value is -3.98. The molecule has 4 heterocycles. The predicted molar refractivity (Wildman–Crippen MR) is 134 cm³/mol. The molecule has 0 unspecified atom stereocenters. The number of anilines is 2. The minimum absolute atomic E-state index is 0.0441. The smallest absolute Gasteiger partial charge is 0.266 e.